The summed E-state index contributed by atoms with van der Waals surface area (Å²) in [6, 6.07) is 3.16. The van der Waals surface area contributed by atoms with Crippen molar-refractivity contribution >= 4 is 29.1 Å². The lowest BCUT2D eigenvalue weighted by Gasteiger charge is -2.26. The molecule has 0 atom stereocenters. The number of methoxy groups -OCH3 is 1. The van der Waals surface area contributed by atoms with E-state index in [0.717, 1.165) is 25.7 Å². The number of halogens is 2. The molecule has 4 nitrogen and oxygen atoms in total. The molecular weight excluding hydrogens is 313 g/mol. The van der Waals surface area contributed by atoms with E-state index in [9.17, 15) is 9.90 Å². The highest BCUT2D eigenvalue weighted by Crippen LogP contribution is 2.38. The van der Waals surface area contributed by atoms with Gasteiger partial charge in [-0.2, -0.15) is 0 Å². The third-order valence-electron chi connectivity index (χ3n) is 4.11. The number of carbonyl (C=O) groups is 1. The highest BCUT2D eigenvalue weighted by atomic mass is 35.5. The van der Waals surface area contributed by atoms with Crippen molar-refractivity contribution < 1.29 is 14.6 Å². The van der Waals surface area contributed by atoms with E-state index in [4.69, 9.17) is 27.9 Å². The zero-order chi connectivity index (χ0) is 15.5. The Morgan fingerprint density at radius 1 is 1.33 bits per heavy atom. The zero-order valence-electron chi connectivity index (χ0n) is 11.9. The summed E-state index contributed by atoms with van der Waals surface area (Å²) in [6.45, 7) is 0.502. The molecule has 1 aliphatic rings. The van der Waals surface area contributed by atoms with E-state index in [1.54, 1.807) is 12.1 Å². The maximum atomic E-state index is 12.4. The van der Waals surface area contributed by atoms with Crippen LogP contribution in [0, 0.1) is 5.41 Å². The summed E-state index contributed by atoms with van der Waals surface area (Å²) in [6.07, 6.45) is 4.00. The fourth-order valence-electron chi connectivity index (χ4n) is 2.82. The Labute approximate surface area is 134 Å². The average molecular weight is 332 g/mol. The largest absolute Gasteiger partial charge is 0.494 e. The minimum Gasteiger partial charge on any atom is -0.494 e. The van der Waals surface area contributed by atoms with Gasteiger partial charge in [0.25, 0.3) is 5.91 Å². The van der Waals surface area contributed by atoms with Gasteiger partial charge in [0.1, 0.15) is 5.56 Å². The monoisotopic (exact) mass is 331 g/mol. The summed E-state index contributed by atoms with van der Waals surface area (Å²) in [4.78, 5) is 12.4. The maximum absolute atomic E-state index is 12.4. The molecule has 1 aliphatic carbocycles. The van der Waals surface area contributed by atoms with Gasteiger partial charge in [-0.05, 0) is 25.0 Å². The SMILES string of the molecule is COc1c(Cl)ccc(Cl)c1C(=O)NCC1(CO)CCCC1. The van der Waals surface area contributed by atoms with Crippen molar-refractivity contribution in [1.29, 1.82) is 0 Å². The predicted octanol–water partition coefficient (Wildman–Crippen LogP) is 3.28. The molecule has 2 N–H and O–H groups in total. The second-order valence-corrected chi connectivity index (χ2v) is 6.30. The Bertz CT molecular complexity index is 528. The van der Waals surface area contributed by atoms with E-state index in [1.165, 1.54) is 7.11 Å². The number of aliphatic hydroxyl groups is 1. The van der Waals surface area contributed by atoms with Crippen molar-refractivity contribution in [3.63, 3.8) is 0 Å². The zero-order valence-corrected chi connectivity index (χ0v) is 13.4. The fourth-order valence-corrected chi connectivity index (χ4v) is 3.29. The number of hydrogen-bond acceptors (Lipinski definition) is 3. The van der Waals surface area contributed by atoms with Gasteiger partial charge in [0.15, 0.2) is 5.75 Å². The first-order valence-electron chi connectivity index (χ1n) is 6.94. The van der Waals surface area contributed by atoms with Gasteiger partial charge < -0.3 is 15.2 Å². The number of ether oxygens (including phenoxy) is 1. The second kappa shape index (κ2) is 6.86. The van der Waals surface area contributed by atoms with Crippen LogP contribution < -0.4 is 10.1 Å². The standard InChI is InChI=1S/C15H19Cl2NO3/c1-21-13-11(17)5-4-10(16)12(13)14(20)18-8-15(9-19)6-2-3-7-15/h4-5,19H,2-3,6-9H2,1H3,(H,18,20). The molecule has 0 aromatic heterocycles. The van der Waals surface area contributed by atoms with Crippen LogP contribution in [0.15, 0.2) is 12.1 Å². The van der Waals surface area contributed by atoms with Crippen molar-refractivity contribution in [3.8, 4) is 5.75 Å². The molecule has 2 rings (SSSR count). The number of rotatable bonds is 5. The molecule has 1 saturated carbocycles. The summed E-state index contributed by atoms with van der Waals surface area (Å²) >= 11 is 12.1. The molecule has 0 unspecified atom stereocenters. The number of amides is 1. The van der Waals surface area contributed by atoms with Crippen molar-refractivity contribution in [3.05, 3.63) is 27.7 Å². The van der Waals surface area contributed by atoms with Gasteiger partial charge in [-0.15, -0.1) is 0 Å². The fraction of sp³-hybridized carbons (Fsp3) is 0.533. The quantitative estimate of drug-likeness (QED) is 0.870. The molecule has 0 bridgehead atoms. The van der Waals surface area contributed by atoms with Gasteiger partial charge in [-0.1, -0.05) is 36.0 Å². The number of benzene rings is 1. The highest BCUT2D eigenvalue weighted by molar-refractivity contribution is 6.37. The van der Waals surface area contributed by atoms with Crippen LogP contribution in [0.2, 0.25) is 10.0 Å². The molecule has 21 heavy (non-hydrogen) atoms. The summed E-state index contributed by atoms with van der Waals surface area (Å²) in [5.74, 6) is -0.0646. The van der Waals surface area contributed by atoms with Crippen LogP contribution in [0.1, 0.15) is 36.0 Å². The molecule has 1 amide bonds. The summed E-state index contributed by atoms with van der Waals surface area (Å²) < 4.78 is 5.17. The average Bonchev–Trinajstić information content (AvgIpc) is 2.96. The number of aliphatic hydroxyl groups excluding tert-OH is 1. The first kappa shape index (κ1) is 16.4. The first-order valence-corrected chi connectivity index (χ1v) is 7.70. The van der Waals surface area contributed by atoms with Gasteiger partial charge in [0.2, 0.25) is 0 Å². The molecule has 0 heterocycles. The van der Waals surface area contributed by atoms with Gasteiger partial charge in [-0.3, -0.25) is 4.79 Å². The molecule has 1 fully saturated rings. The lowest BCUT2D eigenvalue weighted by Crippen LogP contribution is -2.38. The van der Waals surface area contributed by atoms with E-state index in [0.29, 0.717) is 16.6 Å². The first-order chi connectivity index (χ1) is 10.0. The van der Waals surface area contributed by atoms with Gasteiger partial charge in [0.05, 0.1) is 23.8 Å². The van der Waals surface area contributed by atoms with Crippen LogP contribution in [0.4, 0.5) is 0 Å². The van der Waals surface area contributed by atoms with Crippen molar-refractivity contribution in [2.24, 2.45) is 5.41 Å². The van der Waals surface area contributed by atoms with E-state index < -0.39 is 0 Å². The Balaban J connectivity index is 2.15. The normalized spacial score (nSPS) is 16.8. The predicted molar refractivity (Wildman–Crippen MR) is 83.3 cm³/mol. The molecule has 116 valence electrons. The van der Waals surface area contributed by atoms with Crippen molar-refractivity contribution in [2.75, 3.05) is 20.3 Å². The Morgan fingerprint density at radius 2 is 1.95 bits per heavy atom. The van der Waals surface area contributed by atoms with Crippen LogP contribution in [0.25, 0.3) is 0 Å². The van der Waals surface area contributed by atoms with Gasteiger partial charge >= 0.3 is 0 Å². The van der Waals surface area contributed by atoms with Gasteiger partial charge in [-0.25, -0.2) is 0 Å². The third kappa shape index (κ3) is 3.44. The molecule has 1 aromatic rings. The van der Waals surface area contributed by atoms with Crippen molar-refractivity contribution in [1.82, 2.24) is 5.32 Å². The molecule has 0 aliphatic heterocycles. The Morgan fingerprint density at radius 3 is 2.52 bits per heavy atom. The molecule has 1 aromatic carbocycles. The molecule has 0 saturated heterocycles. The van der Waals surface area contributed by atoms with E-state index in [2.05, 4.69) is 5.32 Å². The van der Waals surface area contributed by atoms with E-state index in [-0.39, 0.29) is 29.2 Å². The summed E-state index contributed by atoms with van der Waals surface area (Å²) in [5.41, 5.74) is 0.0197. The maximum Gasteiger partial charge on any atom is 0.256 e. The van der Waals surface area contributed by atoms with Crippen LogP contribution in [-0.2, 0) is 0 Å². The van der Waals surface area contributed by atoms with Crippen LogP contribution in [-0.4, -0.2) is 31.3 Å². The summed E-state index contributed by atoms with van der Waals surface area (Å²) in [5, 5.41) is 13.1. The minimum atomic E-state index is -0.334. The Hall–Kier alpha value is -0.970. The molecular formula is C15H19Cl2NO3. The van der Waals surface area contributed by atoms with E-state index in [1.807, 2.05) is 0 Å². The molecule has 0 radical (unpaired) electrons. The molecule has 0 spiro atoms. The summed E-state index contributed by atoms with van der Waals surface area (Å²) in [7, 11) is 1.44. The smallest absolute Gasteiger partial charge is 0.256 e. The topological polar surface area (TPSA) is 58.6 Å². The van der Waals surface area contributed by atoms with Crippen molar-refractivity contribution in [2.45, 2.75) is 25.7 Å². The third-order valence-corrected chi connectivity index (χ3v) is 4.73. The minimum absolute atomic E-state index is 0.0771. The van der Waals surface area contributed by atoms with Gasteiger partial charge in [0, 0.05) is 12.0 Å². The van der Waals surface area contributed by atoms with Crippen LogP contribution in [0.5, 0.6) is 5.75 Å². The number of hydrogen-bond donors (Lipinski definition) is 2. The lowest BCUT2D eigenvalue weighted by molar-refractivity contribution is 0.0878. The second-order valence-electron chi connectivity index (χ2n) is 5.49. The lowest BCUT2D eigenvalue weighted by atomic mass is 9.87. The van der Waals surface area contributed by atoms with E-state index >= 15 is 0 Å². The van der Waals surface area contributed by atoms with Crippen LogP contribution >= 0.6 is 23.2 Å². The number of nitrogens with one attached hydrogen (secondary N) is 1. The molecule has 6 heteroatoms. The van der Waals surface area contributed by atoms with Crippen LogP contribution in [0.3, 0.4) is 0 Å². The highest BCUT2D eigenvalue weighted by Gasteiger charge is 2.34. The number of carbonyl (C=O) groups excluding carboxylic acids is 1. The Kier molecular flexibility index (Phi) is 5.36.